The van der Waals surface area contributed by atoms with Gasteiger partial charge >= 0.3 is 0 Å². The third-order valence-electron chi connectivity index (χ3n) is 3.05. The Morgan fingerprint density at radius 2 is 1.71 bits per heavy atom. The van der Waals surface area contributed by atoms with Gasteiger partial charge in [0.25, 0.3) is 0 Å². The van der Waals surface area contributed by atoms with Crippen LogP contribution in [0.25, 0.3) is 0 Å². The minimum absolute atomic E-state index is 0.332. The Bertz CT molecular complexity index is 664. The number of aliphatic hydroxyl groups is 1. The van der Waals surface area contributed by atoms with Crippen molar-refractivity contribution in [3.8, 4) is 11.5 Å². The van der Waals surface area contributed by atoms with Crippen LogP contribution in [0, 0.1) is 9.39 Å². The van der Waals surface area contributed by atoms with Gasteiger partial charge in [-0.15, -0.1) is 0 Å². The second kappa shape index (κ2) is 6.93. The number of aliphatic hydroxyl groups excluding tert-OH is 1. The Balaban J connectivity index is 2.50. The van der Waals surface area contributed by atoms with Crippen molar-refractivity contribution in [1.29, 1.82) is 0 Å². The molecule has 0 fully saturated rings. The van der Waals surface area contributed by atoms with Crippen LogP contribution in [0.2, 0.25) is 0 Å². The first-order valence-corrected chi connectivity index (χ1v) is 7.89. The van der Waals surface area contributed by atoms with Gasteiger partial charge in [-0.2, -0.15) is 0 Å². The van der Waals surface area contributed by atoms with Crippen molar-refractivity contribution in [3.63, 3.8) is 0 Å². The quantitative estimate of drug-likeness (QED) is 0.683. The third-order valence-corrected chi connectivity index (χ3v) is 4.68. The number of halogens is 3. The van der Waals surface area contributed by atoms with Crippen molar-refractivity contribution in [2.75, 3.05) is 14.2 Å². The summed E-state index contributed by atoms with van der Waals surface area (Å²) in [5, 5.41) is 10.6. The summed E-state index contributed by atoms with van der Waals surface area (Å²) in [6, 6.07) is 7.72. The Hall–Kier alpha value is -0.860. The highest BCUT2D eigenvalue weighted by molar-refractivity contribution is 14.1. The molecule has 0 radical (unpaired) electrons. The molecular weight excluding hydrogens is 454 g/mol. The van der Waals surface area contributed by atoms with Crippen molar-refractivity contribution in [2.24, 2.45) is 0 Å². The van der Waals surface area contributed by atoms with Crippen molar-refractivity contribution in [1.82, 2.24) is 0 Å². The van der Waals surface area contributed by atoms with Gasteiger partial charge in [-0.05, 0) is 52.4 Å². The summed E-state index contributed by atoms with van der Waals surface area (Å²) >= 11 is 5.42. The number of hydrogen-bond donors (Lipinski definition) is 1. The Morgan fingerprint density at radius 1 is 1.10 bits per heavy atom. The maximum atomic E-state index is 13.2. The number of hydrogen-bond acceptors (Lipinski definition) is 3. The van der Waals surface area contributed by atoms with Crippen LogP contribution in [-0.4, -0.2) is 19.3 Å². The molecule has 6 heteroatoms. The van der Waals surface area contributed by atoms with Gasteiger partial charge in [0.1, 0.15) is 11.9 Å². The van der Waals surface area contributed by atoms with E-state index in [2.05, 4.69) is 15.9 Å². The van der Waals surface area contributed by atoms with Gasteiger partial charge in [-0.1, -0.05) is 22.0 Å². The van der Waals surface area contributed by atoms with E-state index < -0.39 is 6.10 Å². The second-order valence-corrected chi connectivity index (χ2v) is 6.31. The zero-order chi connectivity index (χ0) is 15.6. The maximum Gasteiger partial charge on any atom is 0.161 e. The summed E-state index contributed by atoms with van der Waals surface area (Å²) in [4.78, 5) is 0. The molecule has 0 heterocycles. The first-order valence-electron chi connectivity index (χ1n) is 6.02. The summed E-state index contributed by atoms with van der Waals surface area (Å²) in [6.45, 7) is 0. The molecule has 0 aliphatic heterocycles. The van der Waals surface area contributed by atoms with Crippen LogP contribution in [0.15, 0.2) is 34.8 Å². The molecule has 1 unspecified atom stereocenters. The molecule has 1 N–H and O–H groups in total. The second-order valence-electron chi connectivity index (χ2n) is 4.30. The normalized spacial score (nSPS) is 12.1. The fourth-order valence-electron chi connectivity index (χ4n) is 1.97. The van der Waals surface area contributed by atoms with Gasteiger partial charge < -0.3 is 14.6 Å². The monoisotopic (exact) mass is 466 g/mol. The lowest BCUT2D eigenvalue weighted by molar-refractivity contribution is 0.217. The molecule has 1 atom stereocenters. The van der Waals surface area contributed by atoms with Crippen LogP contribution < -0.4 is 9.47 Å². The van der Waals surface area contributed by atoms with Crippen molar-refractivity contribution < 1.29 is 19.0 Å². The highest BCUT2D eigenvalue weighted by Crippen LogP contribution is 2.38. The van der Waals surface area contributed by atoms with Crippen molar-refractivity contribution in [3.05, 3.63) is 55.3 Å². The smallest absolute Gasteiger partial charge is 0.161 e. The highest BCUT2D eigenvalue weighted by Gasteiger charge is 2.19. The molecule has 0 aliphatic rings. The lowest BCUT2D eigenvalue weighted by atomic mass is 10.0. The number of benzene rings is 2. The van der Waals surface area contributed by atoms with Gasteiger partial charge in [-0.25, -0.2) is 4.39 Å². The van der Waals surface area contributed by atoms with E-state index in [0.29, 0.717) is 30.7 Å². The average Bonchev–Trinajstić information content (AvgIpc) is 2.46. The molecule has 0 spiro atoms. The van der Waals surface area contributed by atoms with Crippen LogP contribution in [0.1, 0.15) is 17.2 Å². The van der Waals surface area contributed by atoms with E-state index in [-0.39, 0.29) is 5.82 Å². The minimum atomic E-state index is -0.897. The largest absolute Gasteiger partial charge is 0.493 e. The first-order chi connectivity index (χ1) is 9.97. The molecule has 2 aromatic carbocycles. The van der Waals surface area contributed by atoms with Crippen molar-refractivity contribution in [2.45, 2.75) is 6.10 Å². The van der Waals surface area contributed by atoms with Crippen LogP contribution in [0.3, 0.4) is 0 Å². The fraction of sp³-hybridized carbons (Fsp3) is 0.200. The molecule has 0 aromatic heterocycles. The summed E-state index contributed by atoms with van der Waals surface area (Å²) in [6.07, 6.45) is -0.897. The molecule has 3 nitrogen and oxygen atoms in total. The van der Waals surface area contributed by atoms with E-state index in [9.17, 15) is 9.50 Å². The molecule has 0 saturated carbocycles. The summed E-state index contributed by atoms with van der Waals surface area (Å²) < 4.78 is 25.0. The Morgan fingerprint density at radius 3 is 2.29 bits per heavy atom. The van der Waals surface area contributed by atoms with Crippen LogP contribution >= 0.6 is 38.5 Å². The molecule has 2 aromatic rings. The van der Waals surface area contributed by atoms with E-state index in [1.54, 1.807) is 25.3 Å². The van der Waals surface area contributed by atoms with Crippen molar-refractivity contribution >= 4 is 38.5 Å². The third kappa shape index (κ3) is 3.49. The van der Waals surface area contributed by atoms with E-state index in [1.807, 2.05) is 22.6 Å². The van der Waals surface area contributed by atoms with Gasteiger partial charge in [0.05, 0.1) is 14.2 Å². The lowest BCUT2D eigenvalue weighted by Gasteiger charge is -2.17. The van der Waals surface area contributed by atoms with Crippen LogP contribution in [0.4, 0.5) is 4.39 Å². The predicted molar refractivity (Wildman–Crippen MR) is 90.4 cm³/mol. The summed E-state index contributed by atoms with van der Waals surface area (Å²) in [5.74, 6) is 0.753. The molecule has 0 amide bonds. The van der Waals surface area contributed by atoms with Gasteiger partial charge in [-0.3, -0.25) is 0 Å². The van der Waals surface area contributed by atoms with Gasteiger partial charge in [0.2, 0.25) is 0 Å². The van der Waals surface area contributed by atoms with Crippen LogP contribution in [0.5, 0.6) is 11.5 Å². The molecule has 0 bridgehead atoms. The molecular formula is C15H13BrFIO3. The number of ether oxygens (including phenoxy) is 2. The Kier molecular flexibility index (Phi) is 5.45. The predicted octanol–water partition coefficient (Wildman–Crippen LogP) is 4.29. The van der Waals surface area contributed by atoms with Gasteiger partial charge in [0.15, 0.2) is 11.5 Å². The average molecular weight is 467 g/mol. The lowest BCUT2D eigenvalue weighted by Crippen LogP contribution is -2.04. The minimum Gasteiger partial charge on any atom is -0.493 e. The molecule has 0 saturated heterocycles. The SMILES string of the molecule is COc1cc(Br)c(C(O)c2ccc(F)cc2I)cc1OC. The standard InChI is InChI=1S/C15H13BrFIO3/c1-20-13-6-10(11(16)7-14(13)21-2)15(19)9-4-3-8(17)5-12(9)18/h3-7,15,19H,1-2H3. The first kappa shape index (κ1) is 16.5. The van der Waals surface area contributed by atoms with E-state index in [0.717, 1.165) is 0 Å². The number of methoxy groups -OCH3 is 2. The molecule has 21 heavy (non-hydrogen) atoms. The fourth-order valence-corrected chi connectivity index (χ4v) is 3.28. The zero-order valence-corrected chi connectivity index (χ0v) is 15.1. The molecule has 2 rings (SSSR count). The van der Waals surface area contributed by atoms with E-state index >= 15 is 0 Å². The van der Waals surface area contributed by atoms with Gasteiger partial charge in [0, 0.05) is 13.6 Å². The zero-order valence-electron chi connectivity index (χ0n) is 11.4. The molecule has 0 aliphatic carbocycles. The number of rotatable bonds is 4. The van der Waals surface area contributed by atoms with E-state index in [1.165, 1.54) is 19.2 Å². The van der Waals surface area contributed by atoms with E-state index in [4.69, 9.17) is 9.47 Å². The Labute approximate surface area is 144 Å². The molecule has 112 valence electrons. The summed E-state index contributed by atoms with van der Waals surface area (Å²) in [5.41, 5.74) is 1.25. The maximum absolute atomic E-state index is 13.2. The highest BCUT2D eigenvalue weighted by atomic mass is 127. The summed E-state index contributed by atoms with van der Waals surface area (Å²) in [7, 11) is 3.08. The topological polar surface area (TPSA) is 38.7 Å². The van der Waals surface area contributed by atoms with Crippen LogP contribution in [-0.2, 0) is 0 Å².